The fourth-order valence-electron chi connectivity index (χ4n) is 1.45. The Morgan fingerprint density at radius 3 is 2.53 bits per heavy atom. The lowest BCUT2D eigenvalue weighted by Crippen LogP contribution is -2.45. The number of hydrogen-bond donors (Lipinski definition) is 1. The molecule has 0 aromatic rings. The Bertz CT molecular complexity index is 425. The van der Waals surface area contributed by atoms with Crippen molar-refractivity contribution in [2.75, 3.05) is 13.7 Å². The van der Waals surface area contributed by atoms with Crippen molar-refractivity contribution in [3.05, 3.63) is 24.0 Å². The molecule has 0 aromatic carbocycles. The van der Waals surface area contributed by atoms with Gasteiger partial charge in [-0.1, -0.05) is 13.8 Å². The van der Waals surface area contributed by atoms with Gasteiger partial charge in [-0.2, -0.15) is 0 Å². The van der Waals surface area contributed by atoms with E-state index in [-0.39, 0.29) is 12.3 Å². The lowest BCUT2D eigenvalue weighted by Gasteiger charge is -2.30. The van der Waals surface area contributed by atoms with Crippen LogP contribution in [0.15, 0.2) is 24.0 Å². The van der Waals surface area contributed by atoms with E-state index in [4.69, 9.17) is 14.6 Å². The zero-order chi connectivity index (χ0) is 13.1. The number of methoxy groups -OCH3 is 1. The summed E-state index contributed by atoms with van der Waals surface area (Å²) in [5, 5.41) is 5.24. The number of sulfonamides is 1. The van der Waals surface area contributed by atoms with Crippen molar-refractivity contribution in [3.63, 3.8) is 0 Å². The van der Waals surface area contributed by atoms with Crippen LogP contribution in [0.5, 0.6) is 0 Å². The van der Waals surface area contributed by atoms with E-state index in [2.05, 4.69) is 0 Å². The number of rotatable bonds is 5. The molecule has 5 nitrogen and oxygen atoms in total. The maximum atomic E-state index is 11.6. The second-order valence-corrected chi connectivity index (χ2v) is 6.19. The van der Waals surface area contributed by atoms with Crippen LogP contribution in [0.4, 0.5) is 0 Å². The fraction of sp³-hybridized carbons (Fsp3) is 0.636. The van der Waals surface area contributed by atoms with Gasteiger partial charge in [-0.15, -0.1) is 0 Å². The molecule has 0 amide bonds. The van der Waals surface area contributed by atoms with Crippen molar-refractivity contribution in [3.8, 4) is 0 Å². The Balaban J connectivity index is 2.93. The summed E-state index contributed by atoms with van der Waals surface area (Å²) in [4.78, 5) is -1.46. The van der Waals surface area contributed by atoms with Crippen LogP contribution >= 0.6 is 0 Å². The molecule has 1 unspecified atom stereocenters. The third kappa shape index (κ3) is 3.31. The highest BCUT2D eigenvalue weighted by atomic mass is 32.2. The highest BCUT2D eigenvalue weighted by Gasteiger charge is 2.41. The summed E-state index contributed by atoms with van der Waals surface area (Å²) in [5.41, 5.74) is 0. The molecular weight excluding hydrogens is 242 g/mol. The SMILES string of the molecule is COC1=CCC(OCC(C)C)(S(N)(=O)=O)C=C1. The Labute approximate surface area is 102 Å². The molecule has 1 atom stereocenters. The molecule has 6 heteroatoms. The monoisotopic (exact) mass is 261 g/mol. The summed E-state index contributed by atoms with van der Waals surface area (Å²) < 4.78 is 33.8. The molecule has 1 aliphatic rings. The highest BCUT2D eigenvalue weighted by molar-refractivity contribution is 7.90. The van der Waals surface area contributed by atoms with Crippen molar-refractivity contribution in [1.29, 1.82) is 0 Å². The number of primary sulfonamides is 1. The molecule has 0 fully saturated rings. The topological polar surface area (TPSA) is 78.6 Å². The predicted octanol–water partition coefficient (Wildman–Crippen LogP) is 1.13. The molecule has 0 aliphatic heterocycles. The molecule has 0 spiro atoms. The lowest BCUT2D eigenvalue weighted by molar-refractivity contribution is 0.0341. The van der Waals surface area contributed by atoms with Gasteiger partial charge in [0.15, 0.2) is 0 Å². The van der Waals surface area contributed by atoms with E-state index in [0.717, 1.165) is 0 Å². The van der Waals surface area contributed by atoms with Gasteiger partial charge in [0.1, 0.15) is 5.76 Å². The third-order valence-corrected chi connectivity index (χ3v) is 3.85. The molecule has 1 rings (SSSR count). The molecule has 1 aliphatic carbocycles. The van der Waals surface area contributed by atoms with Gasteiger partial charge in [0, 0.05) is 6.42 Å². The number of allylic oxidation sites excluding steroid dienone is 1. The van der Waals surface area contributed by atoms with Gasteiger partial charge < -0.3 is 9.47 Å². The summed E-state index contributed by atoms with van der Waals surface area (Å²) in [7, 11) is -2.30. The maximum Gasteiger partial charge on any atom is 0.243 e. The quantitative estimate of drug-likeness (QED) is 0.804. The zero-order valence-corrected chi connectivity index (χ0v) is 11.2. The molecule has 0 radical (unpaired) electrons. The second kappa shape index (κ2) is 5.20. The van der Waals surface area contributed by atoms with Gasteiger partial charge in [-0.05, 0) is 24.1 Å². The van der Waals surface area contributed by atoms with E-state index in [1.165, 1.54) is 13.2 Å². The van der Waals surface area contributed by atoms with Gasteiger partial charge in [0.25, 0.3) is 0 Å². The molecule has 0 aromatic heterocycles. The molecule has 0 bridgehead atoms. The average molecular weight is 261 g/mol. The summed E-state index contributed by atoms with van der Waals surface area (Å²) in [6.07, 6.45) is 4.83. The van der Waals surface area contributed by atoms with Crippen molar-refractivity contribution < 1.29 is 17.9 Å². The lowest BCUT2D eigenvalue weighted by atomic mass is 10.1. The summed E-state index contributed by atoms with van der Waals surface area (Å²) in [5.74, 6) is 0.840. The van der Waals surface area contributed by atoms with Crippen molar-refractivity contribution in [1.82, 2.24) is 0 Å². The molecule has 2 N–H and O–H groups in total. The number of ether oxygens (including phenoxy) is 2. The van der Waals surface area contributed by atoms with Crippen LogP contribution < -0.4 is 5.14 Å². The van der Waals surface area contributed by atoms with Crippen LogP contribution in [0, 0.1) is 5.92 Å². The molecule has 0 saturated heterocycles. The van der Waals surface area contributed by atoms with Crippen molar-refractivity contribution in [2.24, 2.45) is 11.1 Å². The average Bonchev–Trinajstić information content (AvgIpc) is 2.25. The minimum atomic E-state index is -3.82. The van der Waals surface area contributed by atoms with Crippen LogP contribution in [-0.4, -0.2) is 27.1 Å². The first-order valence-corrected chi connectivity index (χ1v) is 6.95. The van der Waals surface area contributed by atoms with E-state index in [1.54, 1.807) is 12.2 Å². The van der Waals surface area contributed by atoms with E-state index in [0.29, 0.717) is 12.4 Å². The standard InChI is InChI=1S/C11H19NO4S/c1-9(2)8-16-11(17(12,13)14)6-4-10(15-3)5-7-11/h4-6,9H,7-8H2,1-3H3,(H2,12,13,14). The van der Waals surface area contributed by atoms with Crippen LogP contribution in [0.2, 0.25) is 0 Å². The van der Waals surface area contributed by atoms with Crippen LogP contribution in [-0.2, 0) is 19.5 Å². The molecular formula is C11H19NO4S. The van der Waals surface area contributed by atoms with Gasteiger partial charge in [-0.3, -0.25) is 0 Å². The Morgan fingerprint density at radius 1 is 1.53 bits per heavy atom. The Morgan fingerprint density at radius 2 is 2.18 bits per heavy atom. The van der Waals surface area contributed by atoms with E-state index < -0.39 is 15.0 Å². The summed E-state index contributed by atoms with van der Waals surface area (Å²) in [6.45, 7) is 4.22. The summed E-state index contributed by atoms with van der Waals surface area (Å²) >= 11 is 0. The first kappa shape index (κ1) is 14.2. The number of hydrogen-bond acceptors (Lipinski definition) is 4. The molecule has 0 saturated carbocycles. The van der Waals surface area contributed by atoms with Gasteiger partial charge in [0.05, 0.1) is 13.7 Å². The third-order valence-electron chi connectivity index (χ3n) is 2.47. The van der Waals surface area contributed by atoms with E-state index in [1.807, 2.05) is 13.8 Å². The van der Waals surface area contributed by atoms with Gasteiger partial charge in [-0.25, -0.2) is 13.6 Å². The zero-order valence-electron chi connectivity index (χ0n) is 10.3. The smallest absolute Gasteiger partial charge is 0.243 e. The first-order valence-electron chi connectivity index (χ1n) is 5.40. The minimum absolute atomic E-state index is 0.165. The predicted molar refractivity (Wildman–Crippen MR) is 65.5 cm³/mol. The van der Waals surface area contributed by atoms with Crippen molar-refractivity contribution >= 4 is 10.0 Å². The highest BCUT2D eigenvalue weighted by Crippen LogP contribution is 2.29. The largest absolute Gasteiger partial charge is 0.497 e. The Hall–Kier alpha value is -0.850. The van der Waals surface area contributed by atoms with Crippen LogP contribution in [0.1, 0.15) is 20.3 Å². The maximum absolute atomic E-state index is 11.6. The normalized spacial score (nSPS) is 24.9. The molecule has 17 heavy (non-hydrogen) atoms. The van der Waals surface area contributed by atoms with Crippen LogP contribution in [0.3, 0.4) is 0 Å². The fourth-order valence-corrected chi connectivity index (χ4v) is 2.25. The Kier molecular flexibility index (Phi) is 4.35. The summed E-state index contributed by atoms with van der Waals surface area (Å²) in [6, 6.07) is 0. The molecule has 98 valence electrons. The minimum Gasteiger partial charge on any atom is -0.497 e. The second-order valence-electron chi connectivity index (χ2n) is 4.41. The number of nitrogens with two attached hydrogens (primary N) is 1. The van der Waals surface area contributed by atoms with E-state index in [9.17, 15) is 8.42 Å². The van der Waals surface area contributed by atoms with E-state index >= 15 is 0 Å². The van der Waals surface area contributed by atoms with Gasteiger partial charge in [0.2, 0.25) is 15.0 Å². The molecule has 0 heterocycles. The van der Waals surface area contributed by atoms with Crippen molar-refractivity contribution in [2.45, 2.75) is 25.2 Å². The van der Waals surface area contributed by atoms with Crippen LogP contribution in [0.25, 0.3) is 0 Å². The van der Waals surface area contributed by atoms with Gasteiger partial charge >= 0.3 is 0 Å². The first-order chi connectivity index (χ1) is 7.81.